The van der Waals surface area contributed by atoms with Crippen molar-refractivity contribution in [1.82, 2.24) is 4.57 Å². The number of aromatic nitrogens is 1. The third-order valence-electron chi connectivity index (χ3n) is 6.61. The molecular formula is C32H28ClFN2O5S. The van der Waals surface area contributed by atoms with Crippen LogP contribution in [0.4, 0.5) is 4.39 Å². The van der Waals surface area contributed by atoms with Crippen molar-refractivity contribution >= 4 is 35.0 Å². The average molecular weight is 607 g/mol. The van der Waals surface area contributed by atoms with Crippen molar-refractivity contribution in [3.05, 3.63) is 125 Å². The lowest BCUT2D eigenvalue weighted by molar-refractivity contribution is -0.139. The number of ether oxygens (including phenoxy) is 3. The molecule has 0 fully saturated rings. The lowest BCUT2D eigenvalue weighted by Crippen LogP contribution is -2.39. The molecule has 1 aliphatic rings. The first-order valence-electron chi connectivity index (χ1n) is 13.4. The van der Waals surface area contributed by atoms with Gasteiger partial charge in [-0.05, 0) is 68.3 Å². The van der Waals surface area contributed by atoms with E-state index in [4.69, 9.17) is 25.8 Å². The van der Waals surface area contributed by atoms with E-state index < -0.39 is 17.8 Å². The Labute approximate surface area is 250 Å². The Morgan fingerprint density at radius 3 is 2.52 bits per heavy atom. The summed E-state index contributed by atoms with van der Waals surface area (Å²) in [5, 5.41) is 0.614. The zero-order valence-corrected chi connectivity index (χ0v) is 24.8. The number of esters is 1. The summed E-state index contributed by atoms with van der Waals surface area (Å²) in [6.45, 7) is 6.14. The van der Waals surface area contributed by atoms with Gasteiger partial charge in [0.25, 0.3) is 5.56 Å². The highest BCUT2D eigenvalue weighted by Gasteiger charge is 2.33. The quantitative estimate of drug-likeness (QED) is 0.233. The Morgan fingerprint density at radius 1 is 1.05 bits per heavy atom. The number of rotatable bonds is 9. The normalized spacial score (nSPS) is 14.8. The van der Waals surface area contributed by atoms with Crippen LogP contribution in [0.15, 0.2) is 87.8 Å². The van der Waals surface area contributed by atoms with E-state index in [2.05, 4.69) is 4.99 Å². The first kappa shape index (κ1) is 29.3. The molecule has 10 heteroatoms. The number of hydrogen-bond donors (Lipinski definition) is 0. The molecule has 1 aromatic heterocycles. The number of benzene rings is 3. The van der Waals surface area contributed by atoms with Crippen LogP contribution in [0, 0.1) is 5.82 Å². The molecule has 216 valence electrons. The number of carbonyl (C=O) groups is 1. The molecule has 0 amide bonds. The van der Waals surface area contributed by atoms with Crippen molar-refractivity contribution in [2.75, 3.05) is 13.2 Å². The van der Waals surface area contributed by atoms with Crippen molar-refractivity contribution in [3.63, 3.8) is 0 Å². The van der Waals surface area contributed by atoms with E-state index in [9.17, 15) is 14.0 Å². The standard InChI is InChI=1S/C32H28ClFN2O5S/c1-4-39-26-16-20(10-15-25(26)41-18-22-8-6-7-9-24(22)33)17-27-30(37)36-29(21-11-13-23(34)14-12-21)28(31(38)40-5-2)19(3)35-32(36)42-27/h6-17,29H,4-5,18H2,1-3H3/b27-17-/t29-/m1/s1. The number of halogens is 2. The van der Waals surface area contributed by atoms with Crippen LogP contribution in [0.25, 0.3) is 6.08 Å². The van der Waals surface area contributed by atoms with Crippen LogP contribution in [0.1, 0.15) is 43.5 Å². The number of nitrogens with zero attached hydrogens (tertiary/aromatic N) is 2. The highest BCUT2D eigenvalue weighted by molar-refractivity contribution is 7.07. The molecule has 5 rings (SSSR count). The molecule has 2 heterocycles. The SMILES string of the molecule is CCOC(=O)C1=C(C)N=c2s/c(=C\c3ccc(OCc4ccccc4Cl)c(OCC)c3)c(=O)n2[C@@H]1c1ccc(F)cc1. The van der Waals surface area contributed by atoms with Gasteiger partial charge in [0.05, 0.1) is 35.1 Å². The zero-order valence-electron chi connectivity index (χ0n) is 23.2. The topological polar surface area (TPSA) is 79.1 Å². The van der Waals surface area contributed by atoms with E-state index in [-0.39, 0.29) is 24.3 Å². The van der Waals surface area contributed by atoms with E-state index in [1.165, 1.54) is 28.0 Å². The van der Waals surface area contributed by atoms with Gasteiger partial charge < -0.3 is 14.2 Å². The molecule has 0 radical (unpaired) electrons. The maximum Gasteiger partial charge on any atom is 0.338 e. The summed E-state index contributed by atoms with van der Waals surface area (Å²) in [7, 11) is 0. The largest absolute Gasteiger partial charge is 0.490 e. The van der Waals surface area contributed by atoms with Crippen LogP contribution in [0.3, 0.4) is 0 Å². The lowest BCUT2D eigenvalue weighted by Gasteiger charge is -2.24. The minimum absolute atomic E-state index is 0.163. The van der Waals surface area contributed by atoms with Crippen LogP contribution in [0.5, 0.6) is 11.5 Å². The predicted molar refractivity (Wildman–Crippen MR) is 160 cm³/mol. The molecule has 4 aromatic rings. The number of allylic oxidation sites excluding steroid dienone is 1. The van der Waals surface area contributed by atoms with E-state index in [0.29, 0.717) is 49.3 Å². The predicted octanol–water partition coefficient (Wildman–Crippen LogP) is 5.57. The third-order valence-corrected chi connectivity index (χ3v) is 7.96. The van der Waals surface area contributed by atoms with Crippen molar-refractivity contribution < 1.29 is 23.4 Å². The second-order valence-electron chi connectivity index (χ2n) is 9.37. The van der Waals surface area contributed by atoms with E-state index in [1.807, 2.05) is 31.2 Å². The van der Waals surface area contributed by atoms with Gasteiger partial charge >= 0.3 is 5.97 Å². The Kier molecular flexibility index (Phi) is 8.89. The summed E-state index contributed by atoms with van der Waals surface area (Å²) in [6.07, 6.45) is 1.75. The number of thiazole rings is 1. The van der Waals surface area contributed by atoms with Gasteiger partial charge in [-0.2, -0.15) is 0 Å². The number of fused-ring (bicyclic) bond motifs is 1. The van der Waals surface area contributed by atoms with Crippen LogP contribution >= 0.6 is 22.9 Å². The van der Waals surface area contributed by atoms with Gasteiger partial charge in [-0.3, -0.25) is 9.36 Å². The first-order valence-corrected chi connectivity index (χ1v) is 14.6. The van der Waals surface area contributed by atoms with Gasteiger partial charge in [-0.25, -0.2) is 14.2 Å². The molecule has 0 N–H and O–H groups in total. The fourth-order valence-electron chi connectivity index (χ4n) is 4.68. The van der Waals surface area contributed by atoms with E-state index in [0.717, 1.165) is 5.56 Å². The zero-order chi connectivity index (χ0) is 29.8. The second kappa shape index (κ2) is 12.8. The Balaban J connectivity index is 1.55. The van der Waals surface area contributed by atoms with Crippen LogP contribution < -0.4 is 24.4 Å². The summed E-state index contributed by atoms with van der Waals surface area (Å²) in [6, 6.07) is 17.8. The molecule has 0 bridgehead atoms. The smallest absolute Gasteiger partial charge is 0.338 e. The van der Waals surface area contributed by atoms with Crippen molar-refractivity contribution in [2.45, 2.75) is 33.4 Å². The highest BCUT2D eigenvalue weighted by atomic mass is 35.5. The summed E-state index contributed by atoms with van der Waals surface area (Å²) in [4.78, 5) is 31.8. The summed E-state index contributed by atoms with van der Waals surface area (Å²) < 4.78 is 32.8. The van der Waals surface area contributed by atoms with Crippen molar-refractivity contribution in [3.8, 4) is 11.5 Å². The maximum absolute atomic E-state index is 13.8. The van der Waals surface area contributed by atoms with Gasteiger partial charge in [-0.15, -0.1) is 0 Å². The minimum atomic E-state index is -0.817. The monoisotopic (exact) mass is 606 g/mol. The molecule has 0 spiro atoms. The van der Waals surface area contributed by atoms with Gasteiger partial charge in [0.2, 0.25) is 0 Å². The van der Waals surface area contributed by atoms with Crippen molar-refractivity contribution in [2.24, 2.45) is 4.99 Å². The third kappa shape index (κ3) is 6.03. The van der Waals surface area contributed by atoms with Gasteiger partial charge in [0.15, 0.2) is 16.3 Å². The summed E-state index contributed by atoms with van der Waals surface area (Å²) in [5.74, 6) is 0.0714. The first-order chi connectivity index (χ1) is 20.3. The summed E-state index contributed by atoms with van der Waals surface area (Å²) in [5.41, 5.74) is 2.48. The molecule has 0 saturated carbocycles. The molecule has 1 aliphatic heterocycles. The molecule has 3 aromatic carbocycles. The van der Waals surface area contributed by atoms with Gasteiger partial charge in [-0.1, -0.05) is 59.3 Å². The fraction of sp³-hybridized carbons (Fsp3) is 0.219. The second-order valence-corrected chi connectivity index (χ2v) is 10.8. The maximum atomic E-state index is 13.8. The van der Waals surface area contributed by atoms with Gasteiger partial charge in [0, 0.05) is 10.6 Å². The Hall–Kier alpha value is -4.21. The highest BCUT2D eigenvalue weighted by Crippen LogP contribution is 2.32. The molecule has 0 saturated heterocycles. The number of hydrogen-bond acceptors (Lipinski definition) is 7. The van der Waals surface area contributed by atoms with E-state index in [1.54, 1.807) is 50.3 Å². The summed E-state index contributed by atoms with van der Waals surface area (Å²) >= 11 is 7.48. The lowest BCUT2D eigenvalue weighted by atomic mass is 9.96. The molecule has 1 atom stereocenters. The average Bonchev–Trinajstić information content (AvgIpc) is 3.27. The number of carbonyl (C=O) groups excluding carboxylic acids is 1. The fourth-order valence-corrected chi connectivity index (χ4v) is 5.91. The molecule has 0 aliphatic carbocycles. The van der Waals surface area contributed by atoms with Crippen LogP contribution in [-0.2, 0) is 16.1 Å². The Morgan fingerprint density at radius 2 is 1.81 bits per heavy atom. The minimum Gasteiger partial charge on any atom is -0.490 e. The molecular weight excluding hydrogens is 579 g/mol. The molecule has 7 nitrogen and oxygen atoms in total. The molecule has 0 unspecified atom stereocenters. The Bertz CT molecular complexity index is 1850. The van der Waals surface area contributed by atoms with Gasteiger partial charge in [0.1, 0.15) is 12.4 Å². The van der Waals surface area contributed by atoms with E-state index >= 15 is 0 Å². The van der Waals surface area contributed by atoms with Crippen LogP contribution in [0.2, 0.25) is 5.02 Å². The molecule has 42 heavy (non-hydrogen) atoms. The van der Waals surface area contributed by atoms with Crippen molar-refractivity contribution in [1.29, 1.82) is 0 Å². The van der Waals surface area contributed by atoms with Crippen LogP contribution in [-0.4, -0.2) is 23.8 Å².